The lowest BCUT2D eigenvalue weighted by Gasteiger charge is -2.37. The molecule has 2 N–H and O–H groups in total. The number of nitriles is 1. The average Bonchev–Trinajstić information content (AvgIpc) is 3.21. The minimum Gasteiger partial charge on any atom is -0.336 e. The summed E-state index contributed by atoms with van der Waals surface area (Å²) in [7, 11) is 0. The van der Waals surface area contributed by atoms with Crippen molar-refractivity contribution in [3.63, 3.8) is 0 Å². The highest BCUT2D eigenvalue weighted by atomic mass is 32.1. The maximum Gasteiger partial charge on any atom is 0.471 e. The molecule has 1 saturated carbocycles. The highest BCUT2D eigenvalue weighted by molar-refractivity contribution is 7.16. The van der Waals surface area contributed by atoms with Gasteiger partial charge in [-0.05, 0) is 28.7 Å². The monoisotopic (exact) mass is 535 g/mol. The number of rotatable bonds is 5. The van der Waals surface area contributed by atoms with Crippen LogP contribution in [0.2, 0.25) is 0 Å². The van der Waals surface area contributed by atoms with E-state index in [9.17, 15) is 32.8 Å². The van der Waals surface area contributed by atoms with Crippen LogP contribution in [0.3, 0.4) is 0 Å². The number of halogens is 3. The summed E-state index contributed by atoms with van der Waals surface area (Å²) < 4.78 is 39.9. The molecule has 12 heteroatoms. The molecule has 1 unspecified atom stereocenters. The van der Waals surface area contributed by atoms with E-state index >= 15 is 0 Å². The molecule has 4 rings (SSSR count). The van der Waals surface area contributed by atoms with Crippen molar-refractivity contribution in [3.05, 3.63) is 29.3 Å². The predicted octanol–water partition coefficient (Wildman–Crippen LogP) is 3.55. The van der Waals surface area contributed by atoms with E-state index < -0.39 is 47.4 Å². The van der Waals surface area contributed by atoms with Crippen LogP contribution in [-0.2, 0) is 14.4 Å². The van der Waals surface area contributed by atoms with E-state index in [2.05, 4.69) is 16.4 Å². The lowest BCUT2D eigenvalue weighted by atomic mass is 9.85. The Morgan fingerprint density at radius 3 is 2.49 bits per heavy atom. The van der Waals surface area contributed by atoms with E-state index in [1.165, 1.54) is 16.2 Å². The number of fused-ring (bicyclic) bond motifs is 2. The molecule has 1 aliphatic carbocycles. The highest BCUT2D eigenvalue weighted by Gasteiger charge is 2.70. The topological polar surface area (TPSA) is 115 Å². The number of likely N-dealkylation sites (tertiary alicyclic amines) is 1. The van der Waals surface area contributed by atoms with Gasteiger partial charge in [0.25, 0.3) is 0 Å². The van der Waals surface area contributed by atoms with Crippen molar-refractivity contribution < 1.29 is 27.6 Å². The Kier molecular flexibility index (Phi) is 6.51. The number of hydrogen-bond donors (Lipinski definition) is 2. The van der Waals surface area contributed by atoms with Gasteiger partial charge in [0.2, 0.25) is 11.8 Å². The normalized spacial score (nSPS) is 24.1. The number of alkyl halides is 3. The van der Waals surface area contributed by atoms with Crippen molar-refractivity contribution in [2.45, 2.75) is 58.9 Å². The number of thiazole rings is 1. The van der Waals surface area contributed by atoms with Crippen molar-refractivity contribution in [3.8, 4) is 6.07 Å². The van der Waals surface area contributed by atoms with Gasteiger partial charge in [-0.3, -0.25) is 14.4 Å². The lowest BCUT2D eigenvalue weighted by Crippen LogP contribution is -2.60. The number of carbonyl (C=O) groups is 3. The maximum atomic E-state index is 13.6. The minimum atomic E-state index is -5.16. The molecule has 8 nitrogen and oxygen atoms in total. The first kappa shape index (κ1) is 26.9. The van der Waals surface area contributed by atoms with Crippen molar-refractivity contribution >= 4 is 39.3 Å². The Balaban J connectivity index is 1.62. The zero-order chi connectivity index (χ0) is 27.5. The fourth-order valence-electron chi connectivity index (χ4n) is 5.39. The smallest absolute Gasteiger partial charge is 0.336 e. The first-order valence-electron chi connectivity index (χ1n) is 11.8. The van der Waals surface area contributed by atoms with Crippen LogP contribution >= 0.6 is 11.3 Å². The Labute approximate surface area is 216 Å². The number of carbonyl (C=O) groups excluding carboxylic acids is 3. The summed E-state index contributed by atoms with van der Waals surface area (Å²) in [5.41, 5.74) is 1.42. The van der Waals surface area contributed by atoms with Gasteiger partial charge in [0, 0.05) is 12.1 Å². The first-order chi connectivity index (χ1) is 17.1. The average molecular weight is 536 g/mol. The van der Waals surface area contributed by atoms with Gasteiger partial charge in [-0.15, -0.1) is 11.3 Å². The Hall–Kier alpha value is -3.20. The molecule has 2 fully saturated rings. The largest absolute Gasteiger partial charge is 0.471 e. The molecule has 198 valence electrons. The van der Waals surface area contributed by atoms with E-state index in [0.717, 1.165) is 4.70 Å². The van der Waals surface area contributed by atoms with Crippen LogP contribution in [0.4, 0.5) is 13.2 Å². The number of para-hydroxylation sites is 1. The zero-order valence-corrected chi connectivity index (χ0v) is 21.8. The molecule has 2 heterocycles. The third kappa shape index (κ3) is 4.77. The van der Waals surface area contributed by atoms with Gasteiger partial charge in [-0.25, -0.2) is 4.98 Å². The summed E-state index contributed by atoms with van der Waals surface area (Å²) in [4.78, 5) is 44.5. The van der Waals surface area contributed by atoms with Crippen molar-refractivity contribution in [2.75, 3.05) is 6.54 Å². The molecular weight excluding hydrogens is 507 g/mol. The molecule has 3 amide bonds. The van der Waals surface area contributed by atoms with Gasteiger partial charge >= 0.3 is 12.1 Å². The number of benzene rings is 1. The minimum absolute atomic E-state index is 0.0337. The Morgan fingerprint density at radius 1 is 1.22 bits per heavy atom. The molecule has 0 bridgehead atoms. The van der Waals surface area contributed by atoms with E-state index in [-0.39, 0.29) is 23.8 Å². The zero-order valence-electron chi connectivity index (χ0n) is 21.0. The van der Waals surface area contributed by atoms with Gasteiger partial charge in [-0.1, -0.05) is 46.8 Å². The molecule has 1 aromatic carbocycles. The van der Waals surface area contributed by atoms with Gasteiger partial charge in [0.15, 0.2) is 0 Å². The maximum absolute atomic E-state index is 13.6. The highest BCUT2D eigenvalue weighted by Crippen LogP contribution is 2.65. The molecule has 0 radical (unpaired) electrons. The van der Waals surface area contributed by atoms with Crippen LogP contribution in [-0.4, -0.2) is 52.4 Å². The summed E-state index contributed by atoms with van der Waals surface area (Å²) >= 11 is 1.40. The molecule has 1 saturated heterocycles. The second-order valence-corrected chi connectivity index (χ2v) is 12.2. The summed E-state index contributed by atoms with van der Waals surface area (Å²) in [5.74, 6) is -3.81. The van der Waals surface area contributed by atoms with E-state index in [4.69, 9.17) is 0 Å². The quantitative estimate of drug-likeness (QED) is 0.608. The fourth-order valence-corrected chi connectivity index (χ4v) is 6.10. The molecule has 1 aromatic heterocycles. The van der Waals surface area contributed by atoms with Crippen LogP contribution in [0.1, 0.15) is 46.2 Å². The molecule has 1 aliphatic heterocycles. The third-order valence-electron chi connectivity index (χ3n) is 7.52. The summed E-state index contributed by atoms with van der Waals surface area (Å²) in [6.45, 7) is 8.73. The van der Waals surface area contributed by atoms with E-state index in [0.29, 0.717) is 11.1 Å². The molecule has 37 heavy (non-hydrogen) atoms. The van der Waals surface area contributed by atoms with Gasteiger partial charge < -0.3 is 15.5 Å². The van der Waals surface area contributed by atoms with Gasteiger partial charge in [-0.2, -0.15) is 18.4 Å². The second-order valence-electron chi connectivity index (χ2n) is 11.3. The second kappa shape index (κ2) is 8.97. The summed E-state index contributed by atoms with van der Waals surface area (Å²) in [6, 6.07) is 3.85. The predicted molar refractivity (Wildman–Crippen MR) is 130 cm³/mol. The molecule has 0 spiro atoms. The SMILES string of the molecule is CC(C)(C)[C@H](NC(=O)C(F)(F)F)C(=O)N1C[C@H]2[C@@H]([C@H]1C(=O)NC(C#N)c1cccc3scnc13)C2(C)C. The van der Waals surface area contributed by atoms with Crippen molar-refractivity contribution in [1.82, 2.24) is 20.5 Å². The van der Waals surface area contributed by atoms with Crippen LogP contribution < -0.4 is 10.6 Å². The van der Waals surface area contributed by atoms with Crippen LogP contribution in [0, 0.1) is 34.0 Å². The Bertz CT molecular complexity index is 1290. The summed E-state index contributed by atoms with van der Waals surface area (Å²) in [5, 5.41) is 14.4. The van der Waals surface area contributed by atoms with E-state index in [1.807, 2.05) is 25.2 Å². The van der Waals surface area contributed by atoms with Crippen molar-refractivity contribution in [1.29, 1.82) is 5.26 Å². The number of hydrogen-bond acceptors (Lipinski definition) is 6. The molecule has 2 aliphatic rings. The number of aromatic nitrogens is 1. The van der Waals surface area contributed by atoms with Gasteiger partial charge in [0.1, 0.15) is 18.1 Å². The third-order valence-corrected chi connectivity index (χ3v) is 8.32. The van der Waals surface area contributed by atoms with Crippen molar-refractivity contribution in [2.24, 2.45) is 22.7 Å². The molecule has 2 aromatic rings. The fraction of sp³-hybridized carbons (Fsp3) is 0.560. The molecular formula is C25H28F3N5O3S. The van der Waals surface area contributed by atoms with Crippen LogP contribution in [0.15, 0.2) is 23.7 Å². The number of nitrogens with one attached hydrogen (secondary N) is 2. The van der Waals surface area contributed by atoms with Crippen LogP contribution in [0.25, 0.3) is 10.2 Å². The van der Waals surface area contributed by atoms with Gasteiger partial charge in [0.05, 0.1) is 21.8 Å². The molecule has 5 atom stereocenters. The van der Waals surface area contributed by atoms with E-state index in [1.54, 1.807) is 38.4 Å². The number of piperidine rings is 1. The standard InChI is InChI=1S/C25H28F3N5O3S/c1-23(2,3)19(32-22(36)25(26,27)28)21(35)33-10-13-16(24(13,4)5)18(33)20(34)31-14(9-29)12-7-6-8-15-17(12)30-11-37-15/h6-8,11,13-14,16,18-19H,10H2,1-5H3,(H,31,34)(H,32,36)/t13-,14?,16-,18-,19+/m0/s1. The first-order valence-corrected chi connectivity index (χ1v) is 12.7. The lowest BCUT2D eigenvalue weighted by molar-refractivity contribution is -0.176. The Morgan fingerprint density at radius 2 is 1.89 bits per heavy atom. The number of nitrogens with zero attached hydrogens (tertiary/aromatic N) is 3. The number of amides is 3. The summed E-state index contributed by atoms with van der Waals surface area (Å²) in [6.07, 6.45) is -5.16. The van der Waals surface area contributed by atoms with Crippen LogP contribution in [0.5, 0.6) is 0 Å².